The van der Waals surface area contributed by atoms with E-state index in [1.54, 1.807) is 31.2 Å². The maximum atomic E-state index is 11.9. The Labute approximate surface area is 104 Å². The van der Waals surface area contributed by atoms with Crippen molar-refractivity contribution in [3.8, 4) is 5.75 Å². The molecule has 0 amide bonds. The lowest BCUT2D eigenvalue weighted by molar-refractivity contribution is -0.151. The molecule has 0 radical (unpaired) electrons. The summed E-state index contributed by atoms with van der Waals surface area (Å²) < 4.78 is 14.9. The van der Waals surface area contributed by atoms with Crippen LogP contribution in [0.3, 0.4) is 0 Å². The molecular weight excluding hydrogens is 236 g/mol. The van der Waals surface area contributed by atoms with Gasteiger partial charge in [-0.25, -0.2) is 9.59 Å². The molecule has 0 saturated heterocycles. The maximum absolute atomic E-state index is 11.9. The maximum Gasteiger partial charge on any atom is 0.345 e. The number of ether oxygens (including phenoxy) is 3. The van der Waals surface area contributed by atoms with Crippen LogP contribution in [0.1, 0.15) is 17.3 Å². The first-order valence-corrected chi connectivity index (χ1v) is 5.35. The van der Waals surface area contributed by atoms with Gasteiger partial charge in [0.05, 0.1) is 7.11 Å². The first-order valence-electron chi connectivity index (χ1n) is 5.35. The predicted molar refractivity (Wildman–Crippen MR) is 62.0 cm³/mol. The van der Waals surface area contributed by atoms with E-state index in [1.807, 2.05) is 0 Å². The highest BCUT2D eigenvalue weighted by atomic mass is 16.7. The van der Waals surface area contributed by atoms with Crippen LogP contribution < -0.4 is 4.74 Å². The molecule has 5 heteroatoms. The molecule has 1 aromatic carbocycles. The van der Waals surface area contributed by atoms with Crippen LogP contribution in [0, 0.1) is 0 Å². The Hall–Kier alpha value is -2.30. The molecule has 0 bridgehead atoms. The molecule has 0 aliphatic carbocycles. The van der Waals surface area contributed by atoms with E-state index in [9.17, 15) is 9.59 Å². The highest BCUT2D eigenvalue weighted by molar-refractivity contribution is 5.94. The number of para-hydroxylation sites is 1. The molecule has 18 heavy (non-hydrogen) atoms. The largest absolute Gasteiger partial charge is 0.496 e. The monoisotopic (exact) mass is 248 g/mol. The second kappa shape index (κ2) is 4.91. The fraction of sp³-hybridized carbons (Fsp3) is 0.231. The Morgan fingerprint density at radius 1 is 1.33 bits per heavy atom. The first-order chi connectivity index (χ1) is 8.61. The molecule has 1 aromatic rings. The van der Waals surface area contributed by atoms with E-state index < -0.39 is 18.2 Å². The van der Waals surface area contributed by atoms with Crippen LogP contribution in [0.15, 0.2) is 35.9 Å². The number of esters is 2. The third-order valence-electron chi connectivity index (χ3n) is 2.48. The third-order valence-corrected chi connectivity index (χ3v) is 2.48. The summed E-state index contributed by atoms with van der Waals surface area (Å²) in [5.74, 6) is -0.670. The first kappa shape index (κ1) is 12.2. The minimum Gasteiger partial charge on any atom is -0.496 e. The Kier molecular flexibility index (Phi) is 3.32. The highest BCUT2D eigenvalue weighted by Gasteiger charge is 2.26. The van der Waals surface area contributed by atoms with E-state index >= 15 is 0 Å². The van der Waals surface area contributed by atoms with E-state index in [0.717, 1.165) is 0 Å². The van der Waals surface area contributed by atoms with Gasteiger partial charge in [-0.2, -0.15) is 0 Å². The van der Waals surface area contributed by atoms with Crippen LogP contribution in [-0.4, -0.2) is 25.3 Å². The van der Waals surface area contributed by atoms with Gasteiger partial charge in [0, 0.05) is 11.6 Å². The van der Waals surface area contributed by atoms with Gasteiger partial charge in [-0.15, -0.1) is 0 Å². The van der Waals surface area contributed by atoms with Gasteiger partial charge < -0.3 is 14.2 Å². The van der Waals surface area contributed by atoms with Crippen molar-refractivity contribution in [1.29, 1.82) is 0 Å². The van der Waals surface area contributed by atoms with Crippen LogP contribution in [0.5, 0.6) is 5.75 Å². The zero-order chi connectivity index (χ0) is 13.1. The molecule has 0 fully saturated rings. The zero-order valence-corrected chi connectivity index (χ0v) is 10.0. The number of methoxy groups -OCH3 is 1. The number of rotatable bonds is 3. The smallest absolute Gasteiger partial charge is 0.345 e. The number of benzene rings is 1. The average molecular weight is 248 g/mol. The summed E-state index contributed by atoms with van der Waals surface area (Å²) >= 11 is 0. The van der Waals surface area contributed by atoms with Crippen molar-refractivity contribution in [3.63, 3.8) is 0 Å². The molecule has 1 heterocycles. The summed E-state index contributed by atoms with van der Waals surface area (Å²) in [6, 6.07) is 6.67. The highest BCUT2D eigenvalue weighted by Crippen LogP contribution is 2.21. The van der Waals surface area contributed by atoms with Crippen LogP contribution >= 0.6 is 0 Å². The lowest BCUT2D eigenvalue weighted by Gasteiger charge is -2.11. The second-order valence-electron chi connectivity index (χ2n) is 3.73. The van der Waals surface area contributed by atoms with Crippen molar-refractivity contribution in [2.75, 3.05) is 7.11 Å². The fourth-order valence-corrected chi connectivity index (χ4v) is 1.54. The normalized spacial score (nSPS) is 18.0. The number of carbonyl (C=O) groups excluding carboxylic acids is 2. The third kappa shape index (κ3) is 2.34. The van der Waals surface area contributed by atoms with Gasteiger partial charge in [0.2, 0.25) is 0 Å². The summed E-state index contributed by atoms with van der Waals surface area (Å²) in [4.78, 5) is 23.0. The quantitative estimate of drug-likeness (QED) is 0.761. The second-order valence-corrected chi connectivity index (χ2v) is 3.73. The summed E-state index contributed by atoms with van der Waals surface area (Å²) in [5, 5.41) is 0. The van der Waals surface area contributed by atoms with E-state index in [1.165, 1.54) is 13.2 Å². The molecule has 1 aliphatic rings. The molecule has 0 spiro atoms. The van der Waals surface area contributed by atoms with Gasteiger partial charge >= 0.3 is 11.9 Å². The minimum atomic E-state index is -0.963. The van der Waals surface area contributed by atoms with Crippen molar-refractivity contribution in [1.82, 2.24) is 0 Å². The molecule has 5 nitrogen and oxygen atoms in total. The molecule has 0 aromatic heterocycles. The van der Waals surface area contributed by atoms with Gasteiger partial charge in [0.25, 0.3) is 6.29 Å². The number of carbonyl (C=O) groups is 2. The summed E-state index contributed by atoms with van der Waals surface area (Å²) in [6.07, 6.45) is 0.491. The lowest BCUT2D eigenvalue weighted by Crippen LogP contribution is -2.18. The fourth-order valence-electron chi connectivity index (χ4n) is 1.54. The Balaban J connectivity index is 2.11. The SMILES string of the molecule is COc1ccccc1C(=O)O[C@H]1C=C(C)C(=O)O1. The molecule has 1 atom stereocenters. The van der Waals surface area contributed by atoms with Crippen molar-refractivity contribution >= 4 is 11.9 Å². The van der Waals surface area contributed by atoms with Gasteiger partial charge in [-0.05, 0) is 19.1 Å². The molecule has 0 saturated carbocycles. The molecule has 0 N–H and O–H groups in total. The van der Waals surface area contributed by atoms with E-state index in [2.05, 4.69) is 0 Å². The topological polar surface area (TPSA) is 61.8 Å². The average Bonchev–Trinajstić information content (AvgIpc) is 2.68. The van der Waals surface area contributed by atoms with Gasteiger partial charge in [-0.3, -0.25) is 0 Å². The van der Waals surface area contributed by atoms with E-state index in [4.69, 9.17) is 14.2 Å². The summed E-state index contributed by atoms with van der Waals surface area (Å²) in [7, 11) is 1.46. The summed E-state index contributed by atoms with van der Waals surface area (Å²) in [6.45, 7) is 1.60. The number of cyclic esters (lactones) is 1. The standard InChI is InChI=1S/C13H12O5/c1-8-7-11(17-12(8)14)18-13(15)9-5-3-4-6-10(9)16-2/h3-7,11H,1-2H3/t11-/m0/s1. The van der Waals surface area contributed by atoms with E-state index in [0.29, 0.717) is 11.3 Å². The van der Waals surface area contributed by atoms with E-state index in [-0.39, 0.29) is 5.56 Å². The molecule has 1 aliphatic heterocycles. The molecule has 94 valence electrons. The van der Waals surface area contributed by atoms with Gasteiger partial charge in [0.1, 0.15) is 11.3 Å². The van der Waals surface area contributed by atoms with Gasteiger partial charge in [-0.1, -0.05) is 12.1 Å². The lowest BCUT2D eigenvalue weighted by atomic mass is 10.2. The molecule has 0 unspecified atom stereocenters. The Bertz CT molecular complexity index is 518. The zero-order valence-electron chi connectivity index (χ0n) is 10.0. The Morgan fingerprint density at radius 2 is 2.06 bits per heavy atom. The van der Waals surface area contributed by atoms with Crippen molar-refractivity contribution in [2.45, 2.75) is 13.2 Å². The van der Waals surface area contributed by atoms with Crippen molar-refractivity contribution in [3.05, 3.63) is 41.5 Å². The number of hydrogen-bond donors (Lipinski definition) is 0. The number of hydrogen-bond acceptors (Lipinski definition) is 5. The van der Waals surface area contributed by atoms with Crippen LogP contribution in [-0.2, 0) is 14.3 Å². The Morgan fingerprint density at radius 3 is 2.67 bits per heavy atom. The molecular formula is C13H12O5. The van der Waals surface area contributed by atoms with Crippen molar-refractivity contribution < 1.29 is 23.8 Å². The predicted octanol–water partition coefficient (Wildman–Crippen LogP) is 1.68. The van der Waals surface area contributed by atoms with Crippen LogP contribution in [0.2, 0.25) is 0 Å². The summed E-state index contributed by atoms with van der Waals surface area (Å²) in [5.41, 5.74) is 0.710. The van der Waals surface area contributed by atoms with Crippen LogP contribution in [0.25, 0.3) is 0 Å². The van der Waals surface area contributed by atoms with Crippen molar-refractivity contribution in [2.24, 2.45) is 0 Å². The molecule has 2 rings (SSSR count). The minimum absolute atomic E-state index is 0.286. The van der Waals surface area contributed by atoms with Gasteiger partial charge in [0.15, 0.2) is 0 Å². The van der Waals surface area contributed by atoms with Crippen LogP contribution in [0.4, 0.5) is 0 Å².